The molecule has 0 aliphatic heterocycles. The van der Waals surface area contributed by atoms with Crippen LogP contribution < -0.4 is 0 Å². The van der Waals surface area contributed by atoms with Gasteiger partial charge in [0, 0.05) is 0 Å². The number of carbonyl (C=O) groups excluding carboxylic acids is 2. The van der Waals surface area contributed by atoms with Crippen molar-refractivity contribution in [2.45, 2.75) is 58.8 Å². The van der Waals surface area contributed by atoms with Gasteiger partial charge >= 0.3 is 12.2 Å². The van der Waals surface area contributed by atoms with Crippen LogP contribution in [0, 0.1) is 0 Å². The highest BCUT2D eigenvalue weighted by Gasteiger charge is 2.03. The van der Waals surface area contributed by atoms with E-state index in [2.05, 4.69) is 21.9 Å². The Balaban J connectivity index is 3.48. The summed E-state index contributed by atoms with van der Waals surface area (Å²) < 4.78 is 9.41. The maximum atomic E-state index is 11.1. The van der Waals surface area contributed by atoms with Gasteiger partial charge in [-0.2, -0.15) is 0 Å². The largest absolute Gasteiger partial charge is 0.452 e. The van der Waals surface area contributed by atoms with Crippen molar-refractivity contribution in [1.82, 2.24) is 0 Å². The maximum Gasteiger partial charge on any atom is 0.452 e. The maximum absolute atomic E-state index is 11.1. The molecule has 0 aromatic heterocycles. The highest BCUT2D eigenvalue weighted by Crippen LogP contribution is 2.05. The van der Waals surface area contributed by atoms with Gasteiger partial charge in [0.2, 0.25) is 0 Å². The fraction of sp³-hybridized carbons (Fsp3) is 0.846. The molecule has 0 radical (unpaired) electrons. The number of azo groups is 1. The highest BCUT2D eigenvalue weighted by molar-refractivity contribution is 5.73. The number of nitrogens with zero attached hydrogens (tertiary/aromatic N) is 2. The quantitative estimate of drug-likeness (QED) is 0.458. The molecular weight excluding hydrogens is 248 g/mol. The number of ether oxygens (including phenoxy) is 2. The summed E-state index contributed by atoms with van der Waals surface area (Å²) in [4.78, 5) is 22.0. The van der Waals surface area contributed by atoms with Crippen molar-refractivity contribution < 1.29 is 19.1 Å². The van der Waals surface area contributed by atoms with Gasteiger partial charge in [-0.15, -0.1) is 0 Å². The zero-order valence-electron chi connectivity index (χ0n) is 11.9. The van der Waals surface area contributed by atoms with Gasteiger partial charge in [-0.05, 0) is 12.8 Å². The van der Waals surface area contributed by atoms with E-state index in [1.54, 1.807) is 0 Å². The molecule has 19 heavy (non-hydrogen) atoms. The Kier molecular flexibility index (Phi) is 12.0. The van der Waals surface area contributed by atoms with Gasteiger partial charge in [-0.3, -0.25) is 0 Å². The first-order valence-corrected chi connectivity index (χ1v) is 6.96. The van der Waals surface area contributed by atoms with Gasteiger partial charge in [-0.1, -0.05) is 56.2 Å². The summed E-state index contributed by atoms with van der Waals surface area (Å²) in [7, 11) is 0. The van der Waals surface area contributed by atoms with Crippen molar-refractivity contribution in [2.24, 2.45) is 10.2 Å². The van der Waals surface area contributed by atoms with Gasteiger partial charge in [0.05, 0.1) is 13.2 Å². The van der Waals surface area contributed by atoms with E-state index in [0.717, 1.165) is 19.3 Å². The molecule has 6 nitrogen and oxygen atoms in total. The molecule has 0 fully saturated rings. The minimum atomic E-state index is -0.863. The Morgan fingerprint density at radius 3 is 1.84 bits per heavy atom. The first-order chi connectivity index (χ1) is 9.20. The highest BCUT2D eigenvalue weighted by atomic mass is 16.6. The summed E-state index contributed by atoms with van der Waals surface area (Å²) in [6, 6.07) is 0. The average molecular weight is 272 g/mol. The summed E-state index contributed by atoms with van der Waals surface area (Å²) in [6.45, 7) is 4.61. The lowest BCUT2D eigenvalue weighted by Crippen LogP contribution is -2.03. The molecule has 0 aromatic rings. The number of amides is 2. The van der Waals surface area contributed by atoms with Crippen LogP contribution in [0.5, 0.6) is 0 Å². The van der Waals surface area contributed by atoms with Crippen LogP contribution in [0.3, 0.4) is 0 Å². The molecule has 0 aliphatic rings. The minimum absolute atomic E-state index is 0.269. The molecule has 0 saturated carbocycles. The van der Waals surface area contributed by atoms with E-state index in [1.807, 2.05) is 6.92 Å². The van der Waals surface area contributed by atoms with Gasteiger partial charge in [0.1, 0.15) is 0 Å². The zero-order chi connectivity index (χ0) is 14.3. The fourth-order valence-electron chi connectivity index (χ4n) is 1.37. The Morgan fingerprint density at radius 2 is 1.26 bits per heavy atom. The van der Waals surface area contributed by atoms with Crippen molar-refractivity contribution in [2.75, 3.05) is 13.2 Å². The van der Waals surface area contributed by atoms with E-state index in [-0.39, 0.29) is 6.61 Å². The number of carbonyl (C=O) groups is 2. The Labute approximate surface area is 114 Å². The molecule has 0 unspecified atom stereocenters. The van der Waals surface area contributed by atoms with Crippen molar-refractivity contribution in [1.29, 1.82) is 0 Å². The van der Waals surface area contributed by atoms with Crippen molar-refractivity contribution >= 4 is 12.2 Å². The van der Waals surface area contributed by atoms with Crippen molar-refractivity contribution in [3.05, 3.63) is 0 Å². The molecule has 0 aromatic carbocycles. The Bertz CT molecular complexity index is 280. The normalized spacial score (nSPS) is 10.6. The van der Waals surface area contributed by atoms with E-state index in [4.69, 9.17) is 4.74 Å². The average Bonchev–Trinajstić information content (AvgIpc) is 2.41. The molecule has 0 aliphatic carbocycles. The second kappa shape index (κ2) is 13.0. The summed E-state index contributed by atoms with van der Waals surface area (Å²) in [5.41, 5.74) is 0. The van der Waals surface area contributed by atoms with Crippen LogP contribution in [0.15, 0.2) is 10.2 Å². The standard InChI is InChI=1S/C13H24N2O4/c1-3-5-6-7-8-9-11-19-13(17)15-14-12(16)18-10-4-2/h3-11H2,1-2H3/b15-14+. The topological polar surface area (TPSA) is 77.3 Å². The molecule has 0 atom stereocenters. The molecule has 110 valence electrons. The molecule has 0 rings (SSSR count). The minimum Gasteiger partial charge on any atom is -0.447 e. The molecule has 0 heterocycles. The van der Waals surface area contributed by atoms with E-state index >= 15 is 0 Å². The third kappa shape index (κ3) is 12.8. The van der Waals surface area contributed by atoms with E-state index in [0.29, 0.717) is 13.0 Å². The molecule has 6 heteroatoms. The predicted molar refractivity (Wildman–Crippen MR) is 71.2 cm³/mol. The molecular formula is C13H24N2O4. The molecule has 0 saturated heterocycles. The SMILES string of the molecule is CCCCCCCCOC(=O)/N=N/C(=O)OCCC. The van der Waals surface area contributed by atoms with Crippen molar-refractivity contribution in [3.8, 4) is 0 Å². The number of hydrogen-bond donors (Lipinski definition) is 0. The smallest absolute Gasteiger partial charge is 0.447 e. The lowest BCUT2D eigenvalue weighted by molar-refractivity contribution is 0.145. The van der Waals surface area contributed by atoms with Crippen LogP contribution in [0.2, 0.25) is 0 Å². The second-order valence-corrected chi connectivity index (χ2v) is 4.20. The fourth-order valence-corrected chi connectivity index (χ4v) is 1.37. The van der Waals surface area contributed by atoms with E-state index in [1.165, 1.54) is 19.3 Å². The monoisotopic (exact) mass is 272 g/mol. The van der Waals surface area contributed by atoms with E-state index in [9.17, 15) is 9.59 Å². The molecule has 0 N–H and O–H groups in total. The van der Waals surface area contributed by atoms with Crippen LogP contribution in [0.1, 0.15) is 58.8 Å². The Morgan fingerprint density at radius 1 is 0.737 bits per heavy atom. The predicted octanol–water partition coefficient (Wildman–Crippen LogP) is 4.48. The van der Waals surface area contributed by atoms with Gasteiger partial charge < -0.3 is 9.47 Å². The third-order valence-electron chi connectivity index (χ3n) is 2.37. The van der Waals surface area contributed by atoms with Gasteiger partial charge in [0.25, 0.3) is 0 Å². The number of hydrogen-bond acceptors (Lipinski definition) is 4. The van der Waals surface area contributed by atoms with Crippen LogP contribution in [0.4, 0.5) is 9.59 Å². The van der Waals surface area contributed by atoms with Crippen molar-refractivity contribution in [3.63, 3.8) is 0 Å². The zero-order valence-corrected chi connectivity index (χ0v) is 11.9. The summed E-state index contributed by atoms with van der Waals surface area (Å²) >= 11 is 0. The van der Waals surface area contributed by atoms with Crippen LogP contribution in [-0.2, 0) is 9.47 Å². The number of unbranched alkanes of at least 4 members (excludes halogenated alkanes) is 5. The lowest BCUT2D eigenvalue weighted by Gasteiger charge is -2.01. The molecule has 0 spiro atoms. The third-order valence-corrected chi connectivity index (χ3v) is 2.37. The second-order valence-electron chi connectivity index (χ2n) is 4.20. The van der Waals surface area contributed by atoms with Crippen LogP contribution in [-0.4, -0.2) is 25.4 Å². The first kappa shape index (κ1) is 17.5. The first-order valence-electron chi connectivity index (χ1n) is 6.96. The van der Waals surface area contributed by atoms with Gasteiger partial charge in [-0.25, -0.2) is 9.59 Å². The van der Waals surface area contributed by atoms with Crippen LogP contribution >= 0.6 is 0 Å². The lowest BCUT2D eigenvalue weighted by atomic mass is 10.1. The summed E-state index contributed by atoms with van der Waals surface area (Å²) in [5.74, 6) is 0. The summed E-state index contributed by atoms with van der Waals surface area (Å²) in [5, 5.41) is 6.20. The summed E-state index contributed by atoms with van der Waals surface area (Å²) in [6.07, 6.45) is 5.65. The molecule has 2 amide bonds. The Hall–Kier alpha value is -1.46. The number of rotatable bonds is 9. The molecule has 0 bridgehead atoms. The van der Waals surface area contributed by atoms with Crippen LogP contribution in [0.25, 0.3) is 0 Å². The van der Waals surface area contributed by atoms with E-state index < -0.39 is 12.2 Å². The van der Waals surface area contributed by atoms with Gasteiger partial charge in [0.15, 0.2) is 0 Å².